The maximum absolute atomic E-state index is 12.3. The van der Waals surface area contributed by atoms with Crippen molar-refractivity contribution in [1.29, 1.82) is 0 Å². The third kappa shape index (κ3) is 5.61. The first kappa shape index (κ1) is 17.9. The van der Waals surface area contributed by atoms with Crippen molar-refractivity contribution in [3.8, 4) is 11.5 Å². The number of aryl methyl sites for hydroxylation is 1. The first-order valence-electron chi connectivity index (χ1n) is 8.23. The average Bonchev–Trinajstić information content (AvgIpc) is 2.61. The number of nitrogens with one attached hydrogen (secondary N) is 1. The zero-order valence-electron chi connectivity index (χ0n) is 14.5. The monoisotopic (exact) mass is 327 g/mol. The van der Waals surface area contributed by atoms with Crippen LogP contribution < -0.4 is 14.8 Å². The second-order valence-corrected chi connectivity index (χ2v) is 5.87. The largest absolute Gasteiger partial charge is 0.497 e. The van der Waals surface area contributed by atoms with Crippen LogP contribution in [0.3, 0.4) is 0 Å². The first-order chi connectivity index (χ1) is 11.6. The Kier molecular flexibility index (Phi) is 6.67. The summed E-state index contributed by atoms with van der Waals surface area (Å²) in [6.07, 6.45) is 1.27. The summed E-state index contributed by atoms with van der Waals surface area (Å²) in [6, 6.07) is 17.6. The van der Waals surface area contributed by atoms with Gasteiger partial charge in [-0.25, -0.2) is 0 Å². The van der Waals surface area contributed by atoms with Crippen LogP contribution in [0.1, 0.15) is 25.8 Å². The molecule has 1 N–H and O–H groups in total. The fourth-order valence-corrected chi connectivity index (χ4v) is 2.39. The molecule has 0 aliphatic carbocycles. The van der Waals surface area contributed by atoms with Crippen LogP contribution in [-0.2, 0) is 11.2 Å². The van der Waals surface area contributed by atoms with Crippen LogP contribution in [0.5, 0.6) is 11.5 Å². The van der Waals surface area contributed by atoms with Crippen LogP contribution >= 0.6 is 0 Å². The van der Waals surface area contributed by atoms with E-state index in [1.54, 1.807) is 20.1 Å². The molecule has 0 bridgehead atoms. The molecule has 0 aliphatic rings. The number of amides is 1. The van der Waals surface area contributed by atoms with Crippen LogP contribution in [0, 0.1) is 0 Å². The fraction of sp³-hybridized carbons (Fsp3) is 0.350. The Hall–Kier alpha value is -2.49. The minimum Gasteiger partial charge on any atom is -0.497 e. The van der Waals surface area contributed by atoms with Gasteiger partial charge in [0, 0.05) is 12.1 Å². The molecule has 0 saturated carbocycles. The number of methoxy groups -OCH3 is 1. The minimum atomic E-state index is -0.559. The summed E-state index contributed by atoms with van der Waals surface area (Å²) in [7, 11) is 1.60. The molecule has 0 aliphatic heterocycles. The van der Waals surface area contributed by atoms with E-state index in [2.05, 4.69) is 17.4 Å². The number of benzene rings is 2. The van der Waals surface area contributed by atoms with Gasteiger partial charge >= 0.3 is 0 Å². The Labute approximate surface area is 143 Å². The lowest BCUT2D eigenvalue weighted by molar-refractivity contribution is -0.127. The highest BCUT2D eigenvalue weighted by molar-refractivity contribution is 5.81. The summed E-state index contributed by atoms with van der Waals surface area (Å²) in [4.78, 5) is 12.3. The molecule has 0 aromatic heterocycles. The van der Waals surface area contributed by atoms with Gasteiger partial charge in [-0.2, -0.15) is 0 Å². The van der Waals surface area contributed by atoms with Gasteiger partial charge in [-0.1, -0.05) is 36.4 Å². The van der Waals surface area contributed by atoms with E-state index >= 15 is 0 Å². The van der Waals surface area contributed by atoms with Crippen molar-refractivity contribution >= 4 is 5.91 Å². The molecule has 0 heterocycles. The predicted molar refractivity (Wildman–Crippen MR) is 95.5 cm³/mol. The number of rotatable bonds is 8. The molecule has 2 aromatic carbocycles. The normalized spacial score (nSPS) is 13.0. The molecular formula is C20H25NO3. The van der Waals surface area contributed by atoms with E-state index in [1.807, 2.05) is 43.3 Å². The van der Waals surface area contributed by atoms with Crippen molar-refractivity contribution in [2.24, 2.45) is 0 Å². The summed E-state index contributed by atoms with van der Waals surface area (Å²) < 4.78 is 10.8. The van der Waals surface area contributed by atoms with Crippen molar-refractivity contribution in [2.75, 3.05) is 7.11 Å². The first-order valence-corrected chi connectivity index (χ1v) is 8.23. The van der Waals surface area contributed by atoms with E-state index in [0.717, 1.165) is 12.8 Å². The smallest absolute Gasteiger partial charge is 0.260 e. The Morgan fingerprint density at radius 3 is 2.46 bits per heavy atom. The average molecular weight is 327 g/mol. The van der Waals surface area contributed by atoms with E-state index in [1.165, 1.54) is 5.56 Å². The van der Waals surface area contributed by atoms with E-state index in [4.69, 9.17) is 9.47 Å². The number of carbonyl (C=O) groups excluding carboxylic acids is 1. The summed E-state index contributed by atoms with van der Waals surface area (Å²) in [6.45, 7) is 3.76. The van der Waals surface area contributed by atoms with Crippen molar-refractivity contribution in [1.82, 2.24) is 5.32 Å². The lowest BCUT2D eigenvalue weighted by atomic mass is 10.1. The Morgan fingerprint density at radius 2 is 1.75 bits per heavy atom. The quantitative estimate of drug-likeness (QED) is 0.806. The lowest BCUT2D eigenvalue weighted by Gasteiger charge is -2.19. The van der Waals surface area contributed by atoms with Gasteiger partial charge in [-0.15, -0.1) is 0 Å². The SMILES string of the molecule is COc1cccc(O[C@@H](C)C(=O)N[C@H](C)CCc2ccccc2)c1. The van der Waals surface area contributed by atoms with Gasteiger partial charge < -0.3 is 14.8 Å². The van der Waals surface area contributed by atoms with Crippen molar-refractivity contribution < 1.29 is 14.3 Å². The molecule has 24 heavy (non-hydrogen) atoms. The molecule has 0 radical (unpaired) electrons. The molecule has 4 nitrogen and oxygen atoms in total. The zero-order valence-corrected chi connectivity index (χ0v) is 14.5. The van der Waals surface area contributed by atoms with Crippen LogP contribution in [0.4, 0.5) is 0 Å². The third-order valence-corrected chi connectivity index (χ3v) is 3.82. The van der Waals surface area contributed by atoms with Crippen molar-refractivity contribution in [2.45, 2.75) is 38.8 Å². The van der Waals surface area contributed by atoms with Crippen molar-refractivity contribution in [3.05, 3.63) is 60.2 Å². The molecule has 0 unspecified atom stereocenters. The lowest BCUT2D eigenvalue weighted by Crippen LogP contribution is -2.41. The second kappa shape index (κ2) is 8.96. The Morgan fingerprint density at radius 1 is 1.04 bits per heavy atom. The van der Waals surface area contributed by atoms with Crippen LogP contribution in [0.15, 0.2) is 54.6 Å². The molecule has 128 valence electrons. The highest BCUT2D eigenvalue weighted by Crippen LogP contribution is 2.20. The van der Waals surface area contributed by atoms with E-state index in [-0.39, 0.29) is 11.9 Å². The fourth-order valence-electron chi connectivity index (χ4n) is 2.39. The molecule has 4 heteroatoms. The number of carbonyl (C=O) groups is 1. The Balaban J connectivity index is 1.79. The molecular weight excluding hydrogens is 302 g/mol. The van der Waals surface area contributed by atoms with Crippen LogP contribution in [0.25, 0.3) is 0 Å². The third-order valence-electron chi connectivity index (χ3n) is 3.82. The standard InChI is InChI=1S/C20H25NO3/c1-15(12-13-17-8-5-4-6-9-17)21-20(22)16(2)24-19-11-7-10-18(14-19)23-3/h4-11,14-16H,12-13H2,1-3H3,(H,21,22)/t15-,16+/m1/s1. The summed E-state index contributed by atoms with van der Waals surface area (Å²) in [5, 5.41) is 3.00. The number of hydrogen-bond acceptors (Lipinski definition) is 3. The number of hydrogen-bond donors (Lipinski definition) is 1. The van der Waals surface area contributed by atoms with Crippen molar-refractivity contribution in [3.63, 3.8) is 0 Å². The predicted octanol–water partition coefficient (Wildman–Crippen LogP) is 3.60. The van der Waals surface area contributed by atoms with E-state index < -0.39 is 6.10 Å². The maximum Gasteiger partial charge on any atom is 0.260 e. The van der Waals surface area contributed by atoms with E-state index in [0.29, 0.717) is 11.5 Å². The van der Waals surface area contributed by atoms with Gasteiger partial charge in [-0.3, -0.25) is 4.79 Å². The van der Waals surface area contributed by atoms with Gasteiger partial charge in [0.25, 0.3) is 5.91 Å². The molecule has 2 aromatic rings. The molecule has 0 saturated heterocycles. The molecule has 0 fully saturated rings. The number of ether oxygens (including phenoxy) is 2. The highest BCUT2D eigenvalue weighted by Gasteiger charge is 2.17. The van der Waals surface area contributed by atoms with E-state index in [9.17, 15) is 4.79 Å². The molecule has 2 atom stereocenters. The zero-order chi connectivity index (χ0) is 17.4. The Bertz CT molecular complexity index is 642. The van der Waals surface area contributed by atoms with Crippen LogP contribution in [0.2, 0.25) is 0 Å². The van der Waals surface area contributed by atoms with Gasteiger partial charge in [0.2, 0.25) is 0 Å². The summed E-state index contributed by atoms with van der Waals surface area (Å²) >= 11 is 0. The maximum atomic E-state index is 12.3. The summed E-state index contributed by atoms with van der Waals surface area (Å²) in [5.41, 5.74) is 1.28. The van der Waals surface area contributed by atoms with Gasteiger partial charge in [0.05, 0.1) is 7.11 Å². The van der Waals surface area contributed by atoms with Gasteiger partial charge in [0.15, 0.2) is 6.10 Å². The highest BCUT2D eigenvalue weighted by atomic mass is 16.5. The topological polar surface area (TPSA) is 47.6 Å². The van der Waals surface area contributed by atoms with Gasteiger partial charge in [0.1, 0.15) is 11.5 Å². The molecule has 1 amide bonds. The second-order valence-electron chi connectivity index (χ2n) is 5.87. The molecule has 2 rings (SSSR count). The minimum absolute atomic E-state index is 0.0917. The van der Waals surface area contributed by atoms with Crippen LogP contribution in [-0.4, -0.2) is 25.2 Å². The summed E-state index contributed by atoms with van der Waals surface area (Å²) in [5.74, 6) is 1.21. The molecule has 0 spiro atoms. The van der Waals surface area contributed by atoms with Gasteiger partial charge in [-0.05, 0) is 44.4 Å².